The summed E-state index contributed by atoms with van der Waals surface area (Å²) >= 11 is 1.15. The molecule has 1 heterocycles. The zero-order valence-corrected chi connectivity index (χ0v) is 14.4. The third kappa shape index (κ3) is 3.14. The van der Waals surface area contributed by atoms with E-state index in [4.69, 9.17) is 0 Å². The number of nitrogens with zero attached hydrogens (tertiary/aromatic N) is 2. The zero-order chi connectivity index (χ0) is 17.6. The van der Waals surface area contributed by atoms with Crippen LogP contribution in [0, 0.1) is 24.5 Å². The van der Waals surface area contributed by atoms with Gasteiger partial charge in [0, 0.05) is 18.2 Å². The fourth-order valence-electron chi connectivity index (χ4n) is 2.90. The second kappa shape index (κ2) is 6.19. The molecule has 3 aromatic rings. The summed E-state index contributed by atoms with van der Waals surface area (Å²) in [7, 11) is 0. The Hall–Kier alpha value is -2.34. The van der Waals surface area contributed by atoms with Gasteiger partial charge in [0.05, 0.1) is 10.2 Å². The first-order valence-electron chi connectivity index (χ1n) is 8.16. The highest BCUT2D eigenvalue weighted by molar-refractivity contribution is 7.16. The molecule has 1 aromatic heterocycles. The third-order valence-corrected chi connectivity index (χ3v) is 5.43. The number of carbonyl (C=O) groups is 1. The third-order valence-electron chi connectivity index (χ3n) is 4.41. The van der Waals surface area contributed by atoms with Gasteiger partial charge < -0.3 is 4.57 Å². The Bertz CT molecular complexity index is 1050. The standard InChI is InChI=1S/C19H16F2N2OS/c1-11-4-2-3-5-14(11)18(24)22-19-23(10-12-6-7-12)17-15(21)8-13(20)9-16(17)25-19/h2-5,8-9,12H,6-7,10H2,1H3. The Kier molecular flexibility index (Phi) is 4.00. The number of hydrogen-bond donors (Lipinski definition) is 0. The van der Waals surface area contributed by atoms with Crippen LogP contribution in [0.4, 0.5) is 8.78 Å². The molecule has 0 unspecified atom stereocenters. The molecule has 1 aliphatic carbocycles. The molecule has 0 N–H and O–H groups in total. The van der Waals surface area contributed by atoms with Crippen molar-refractivity contribution >= 4 is 27.5 Å². The van der Waals surface area contributed by atoms with Gasteiger partial charge in [-0.2, -0.15) is 4.99 Å². The Labute approximate surface area is 147 Å². The van der Waals surface area contributed by atoms with Gasteiger partial charge in [-0.15, -0.1) is 0 Å². The number of halogens is 2. The maximum atomic E-state index is 14.3. The molecule has 0 spiro atoms. The van der Waals surface area contributed by atoms with Gasteiger partial charge in [0.2, 0.25) is 0 Å². The lowest BCUT2D eigenvalue weighted by Crippen LogP contribution is -2.18. The predicted octanol–water partition coefficient (Wildman–Crippen LogP) is 4.44. The topological polar surface area (TPSA) is 34.4 Å². The van der Waals surface area contributed by atoms with Crippen LogP contribution in [0.5, 0.6) is 0 Å². The molecule has 0 atom stereocenters. The van der Waals surface area contributed by atoms with Crippen molar-refractivity contribution in [3.05, 3.63) is 64.0 Å². The molecule has 0 aliphatic heterocycles. The second-order valence-corrected chi connectivity index (χ2v) is 7.41. The van der Waals surface area contributed by atoms with E-state index in [1.165, 1.54) is 6.07 Å². The maximum Gasteiger partial charge on any atom is 0.279 e. The summed E-state index contributed by atoms with van der Waals surface area (Å²) in [4.78, 5) is 17.2. The van der Waals surface area contributed by atoms with Crippen LogP contribution in [-0.4, -0.2) is 10.5 Å². The minimum absolute atomic E-state index is 0.328. The van der Waals surface area contributed by atoms with E-state index in [9.17, 15) is 13.6 Å². The van der Waals surface area contributed by atoms with E-state index in [1.807, 2.05) is 19.1 Å². The van der Waals surface area contributed by atoms with Crippen molar-refractivity contribution in [2.75, 3.05) is 0 Å². The van der Waals surface area contributed by atoms with Crippen LogP contribution in [0.2, 0.25) is 0 Å². The minimum atomic E-state index is -0.624. The predicted molar refractivity (Wildman–Crippen MR) is 93.5 cm³/mol. The van der Waals surface area contributed by atoms with Crippen molar-refractivity contribution < 1.29 is 13.6 Å². The van der Waals surface area contributed by atoms with Gasteiger partial charge >= 0.3 is 0 Å². The van der Waals surface area contributed by atoms with Crippen molar-refractivity contribution in [1.82, 2.24) is 4.57 Å². The lowest BCUT2D eigenvalue weighted by atomic mass is 10.1. The van der Waals surface area contributed by atoms with Crippen molar-refractivity contribution in [1.29, 1.82) is 0 Å². The number of thiazole rings is 1. The Morgan fingerprint density at radius 3 is 2.76 bits per heavy atom. The molecule has 0 bridgehead atoms. The number of rotatable bonds is 3. The number of amides is 1. The van der Waals surface area contributed by atoms with Gasteiger partial charge in [0.15, 0.2) is 10.6 Å². The van der Waals surface area contributed by atoms with Crippen molar-refractivity contribution in [2.24, 2.45) is 10.9 Å². The Morgan fingerprint density at radius 1 is 1.28 bits per heavy atom. The largest absolute Gasteiger partial charge is 0.314 e. The molecule has 128 valence electrons. The number of fused-ring (bicyclic) bond motifs is 1. The van der Waals surface area contributed by atoms with Gasteiger partial charge in [-0.05, 0) is 43.4 Å². The highest BCUT2D eigenvalue weighted by Crippen LogP contribution is 2.32. The van der Waals surface area contributed by atoms with E-state index < -0.39 is 11.6 Å². The van der Waals surface area contributed by atoms with Gasteiger partial charge in [-0.25, -0.2) is 8.78 Å². The van der Waals surface area contributed by atoms with Gasteiger partial charge in [0.1, 0.15) is 5.82 Å². The van der Waals surface area contributed by atoms with Crippen LogP contribution in [0.25, 0.3) is 10.2 Å². The highest BCUT2D eigenvalue weighted by Gasteiger charge is 2.24. The highest BCUT2D eigenvalue weighted by atomic mass is 32.1. The van der Waals surface area contributed by atoms with Crippen molar-refractivity contribution in [3.63, 3.8) is 0 Å². The van der Waals surface area contributed by atoms with Crippen molar-refractivity contribution in [3.8, 4) is 0 Å². The second-order valence-electron chi connectivity index (χ2n) is 6.40. The zero-order valence-electron chi connectivity index (χ0n) is 13.6. The van der Waals surface area contributed by atoms with Gasteiger partial charge in [-0.3, -0.25) is 4.79 Å². The van der Waals surface area contributed by atoms with Crippen LogP contribution in [0.1, 0.15) is 28.8 Å². The summed E-state index contributed by atoms with van der Waals surface area (Å²) < 4.78 is 30.1. The van der Waals surface area contributed by atoms with Crippen LogP contribution >= 0.6 is 11.3 Å². The molecular weight excluding hydrogens is 342 g/mol. The van der Waals surface area contributed by atoms with Crippen LogP contribution in [0.3, 0.4) is 0 Å². The van der Waals surface area contributed by atoms with E-state index in [0.29, 0.717) is 33.0 Å². The van der Waals surface area contributed by atoms with E-state index in [1.54, 1.807) is 16.7 Å². The van der Waals surface area contributed by atoms with Crippen LogP contribution in [0.15, 0.2) is 41.4 Å². The smallest absolute Gasteiger partial charge is 0.279 e. The fraction of sp³-hybridized carbons (Fsp3) is 0.263. The first-order chi connectivity index (χ1) is 12.0. The normalized spacial score (nSPS) is 15.1. The number of aryl methyl sites for hydroxylation is 1. The molecule has 2 aromatic carbocycles. The molecule has 3 nitrogen and oxygen atoms in total. The Balaban J connectivity index is 1.89. The van der Waals surface area contributed by atoms with E-state index >= 15 is 0 Å². The molecule has 0 radical (unpaired) electrons. The van der Waals surface area contributed by atoms with E-state index in [0.717, 1.165) is 35.8 Å². The van der Waals surface area contributed by atoms with Crippen molar-refractivity contribution in [2.45, 2.75) is 26.3 Å². The summed E-state index contributed by atoms with van der Waals surface area (Å²) in [6.07, 6.45) is 2.16. The number of hydrogen-bond acceptors (Lipinski definition) is 2. The number of benzene rings is 2. The molecule has 1 aliphatic rings. The maximum absolute atomic E-state index is 14.3. The molecular formula is C19H16F2N2OS. The molecule has 25 heavy (non-hydrogen) atoms. The van der Waals surface area contributed by atoms with Gasteiger partial charge in [-0.1, -0.05) is 29.5 Å². The summed E-state index contributed by atoms with van der Waals surface area (Å²) in [6, 6.07) is 9.39. The molecule has 4 rings (SSSR count). The summed E-state index contributed by atoms with van der Waals surface area (Å²) in [6.45, 7) is 2.45. The molecule has 6 heteroatoms. The first-order valence-corrected chi connectivity index (χ1v) is 8.97. The fourth-order valence-corrected chi connectivity index (χ4v) is 3.98. The molecule has 0 saturated heterocycles. The SMILES string of the molecule is Cc1ccccc1C(=O)N=c1sc2cc(F)cc(F)c2n1CC1CC1. The minimum Gasteiger partial charge on any atom is -0.314 e. The lowest BCUT2D eigenvalue weighted by molar-refractivity contribution is 0.0997. The van der Waals surface area contributed by atoms with E-state index in [-0.39, 0.29) is 5.91 Å². The summed E-state index contributed by atoms with van der Waals surface area (Å²) in [5.41, 5.74) is 1.68. The Morgan fingerprint density at radius 2 is 2.04 bits per heavy atom. The average molecular weight is 358 g/mol. The monoisotopic (exact) mass is 358 g/mol. The molecule has 1 amide bonds. The van der Waals surface area contributed by atoms with Gasteiger partial charge in [0.25, 0.3) is 5.91 Å². The summed E-state index contributed by atoms with van der Waals surface area (Å²) in [5, 5.41) is 0. The van der Waals surface area contributed by atoms with Crippen LogP contribution in [-0.2, 0) is 6.54 Å². The number of carbonyl (C=O) groups excluding carboxylic acids is 1. The average Bonchev–Trinajstić information content (AvgIpc) is 3.30. The summed E-state index contributed by atoms with van der Waals surface area (Å²) in [5.74, 6) is -1.14. The quantitative estimate of drug-likeness (QED) is 0.681. The number of aromatic nitrogens is 1. The first kappa shape index (κ1) is 16.1. The molecule has 1 saturated carbocycles. The lowest BCUT2D eigenvalue weighted by Gasteiger charge is -2.05. The van der Waals surface area contributed by atoms with Crippen LogP contribution < -0.4 is 4.80 Å². The molecule has 1 fully saturated rings. The van der Waals surface area contributed by atoms with E-state index in [2.05, 4.69) is 4.99 Å².